The van der Waals surface area contributed by atoms with Crippen LogP contribution < -0.4 is 20.6 Å². The normalized spacial score (nSPS) is 12.2. The van der Waals surface area contributed by atoms with Crippen LogP contribution in [0.25, 0.3) is 10.8 Å². The Labute approximate surface area is 200 Å². The first-order chi connectivity index (χ1) is 16.0. The summed E-state index contributed by atoms with van der Waals surface area (Å²) in [5.74, 6) is -5.39. The van der Waals surface area contributed by atoms with Crippen LogP contribution in [0.3, 0.4) is 0 Å². The van der Waals surface area contributed by atoms with Crippen LogP contribution in [0.1, 0.15) is 12.8 Å². The van der Waals surface area contributed by atoms with Gasteiger partial charge >= 0.3 is 18.1 Å². The topological polar surface area (TPSA) is 230 Å². The molecule has 0 bridgehead atoms. The van der Waals surface area contributed by atoms with Gasteiger partial charge in [-0.05, 0) is 18.6 Å². The Balaban J connectivity index is 0.000000762. The number of alkyl halides is 3. The Morgan fingerprint density at radius 3 is 2.23 bits per heavy atom. The Hall–Kier alpha value is -3.70. The molecule has 18 heteroatoms. The number of nitrogens with two attached hydrogens (primary N) is 2. The lowest BCUT2D eigenvalue weighted by molar-refractivity contribution is -0.192. The highest BCUT2D eigenvalue weighted by atomic mass is 35.5. The van der Waals surface area contributed by atoms with E-state index in [-0.39, 0.29) is 23.4 Å². The average Bonchev–Trinajstić information content (AvgIpc) is 2.74. The Morgan fingerprint density at radius 2 is 1.77 bits per heavy atom. The van der Waals surface area contributed by atoms with Crippen LogP contribution in [0.2, 0.25) is 0 Å². The quantitative estimate of drug-likeness (QED) is 0.155. The number of sulfonamides is 1. The van der Waals surface area contributed by atoms with Gasteiger partial charge in [0.15, 0.2) is 0 Å². The predicted octanol–water partition coefficient (Wildman–Crippen LogP) is 0.719. The number of amides is 1. The lowest BCUT2D eigenvalue weighted by Gasteiger charge is -2.16. The van der Waals surface area contributed by atoms with Gasteiger partial charge in [-0.2, -0.15) is 17.9 Å². The fourth-order valence-electron chi connectivity index (χ4n) is 2.37. The first kappa shape index (κ1) is 29.3. The molecule has 0 aliphatic rings. The van der Waals surface area contributed by atoms with Crippen molar-refractivity contribution in [1.29, 1.82) is 5.41 Å². The van der Waals surface area contributed by atoms with E-state index in [4.69, 9.17) is 38.6 Å². The maximum Gasteiger partial charge on any atom is 0.490 e. The molecule has 2 rings (SSSR count). The van der Waals surface area contributed by atoms with Crippen LogP contribution in [0.5, 0.6) is 0 Å². The van der Waals surface area contributed by atoms with Crippen molar-refractivity contribution in [3.05, 3.63) is 30.6 Å². The molecule has 2 aromatic rings. The molecule has 1 atom stereocenters. The van der Waals surface area contributed by atoms with Crippen LogP contribution in [0.15, 0.2) is 35.5 Å². The largest absolute Gasteiger partial charge is 0.490 e. The second kappa shape index (κ2) is 11.6. The van der Waals surface area contributed by atoms with Gasteiger partial charge in [-0.3, -0.25) is 20.0 Å². The molecule has 1 aromatic carbocycles. The van der Waals surface area contributed by atoms with Crippen molar-refractivity contribution >= 4 is 62.1 Å². The van der Waals surface area contributed by atoms with E-state index < -0.39 is 46.0 Å². The molecule has 0 fully saturated rings. The highest BCUT2D eigenvalue weighted by Gasteiger charge is 2.38. The van der Waals surface area contributed by atoms with Gasteiger partial charge in [0, 0.05) is 35.2 Å². The molecule has 0 spiro atoms. The minimum absolute atomic E-state index is 0.215. The van der Waals surface area contributed by atoms with Gasteiger partial charge in [-0.15, -0.1) is 0 Å². The number of aromatic nitrogens is 1. The summed E-state index contributed by atoms with van der Waals surface area (Å²) in [4.78, 5) is 34.7. The van der Waals surface area contributed by atoms with Gasteiger partial charge in [-0.25, -0.2) is 17.6 Å². The van der Waals surface area contributed by atoms with E-state index >= 15 is 0 Å². The third-order valence-electron chi connectivity index (χ3n) is 3.96. The van der Waals surface area contributed by atoms with E-state index in [9.17, 15) is 36.3 Å². The number of fused-ring (bicyclic) bond motifs is 1. The van der Waals surface area contributed by atoms with E-state index in [1.165, 1.54) is 30.6 Å². The summed E-state index contributed by atoms with van der Waals surface area (Å²) in [6.07, 6.45) is -2.93. The minimum atomic E-state index is -5.08. The van der Waals surface area contributed by atoms with Crippen LogP contribution in [-0.4, -0.2) is 59.6 Å². The van der Waals surface area contributed by atoms with E-state index in [1.54, 1.807) is 0 Å². The lowest BCUT2D eigenvalue weighted by Crippen LogP contribution is -2.41. The summed E-state index contributed by atoms with van der Waals surface area (Å²) in [6.45, 7) is 0. The number of hydrogen-bond donors (Lipinski definition) is 6. The summed E-state index contributed by atoms with van der Waals surface area (Å²) < 4.78 is 59.7. The zero-order valence-electron chi connectivity index (χ0n) is 17.3. The molecule has 0 radical (unpaired) electrons. The number of carbonyl (C=O) groups excluding carboxylic acids is 1. The smallest absolute Gasteiger partial charge is 0.480 e. The van der Waals surface area contributed by atoms with Crippen LogP contribution in [0, 0.1) is 5.41 Å². The number of nitrogens with one attached hydrogen (secondary N) is 2. The average molecular weight is 543 g/mol. The number of carbonyl (C=O) groups is 3. The van der Waals surface area contributed by atoms with Crippen LogP contribution >= 0.6 is 11.8 Å². The van der Waals surface area contributed by atoms with Crippen molar-refractivity contribution in [1.82, 2.24) is 9.71 Å². The Kier molecular flexibility index (Phi) is 9.74. The number of rotatable bonds is 8. The summed E-state index contributed by atoms with van der Waals surface area (Å²) in [7, 11) is -4.22. The molecule has 35 heavy (non-hydrogen) atoms. The number of benzene rings is 1. The summed E-state index contributed by atoms with van der Waals surface area (Å²) >= 11 is 5.92. The zero-order chi connectivity index (χ0) is 27.1. The predicted molar refractivity (Wildman–Crippen MR) is 116 cm³/mol. The first-order valence-electron chi connectivity index (χ1n) is 8.98. The van der Waals surface area contributed by atoms with Crippen molar-refractivity contribution in [2.24, 2.45) is 11.5 Å². The van der Waals surface area contributed by atoms with Gasteiger partial charge in [-0.1, -0.05) is 6.07 Å². The second-order valence-electron chi connectivity index (χ2n) is 6.53. The van der Waals surface area contributed by atoms with Crippen molar-refractivity contribution in [2.75, 3.05) is 4.42 Å². The number of aliphatic carboxylic acids is 2. The molecule has 1 aromatic heterocycles. The van der Waals surface area contributed by atoms with Crippen molar-refractivity contribution < 1.29 is 46.2 Å². The van der Waals surface area contributed by atoms with Gasteiger partial charge in [0.1, 0.15) is 6.04 Å². The highest BCUT2D eigenvalue weighted by Crippen LogP contribution is 2.28. The Bertz CT molecular complexity index is 1240. The number of guanidine groups is 1. The molecular weight excluding hydrogens is 525 g/mol. The molecular formula is C17H18ClF3N6O7S. The van der Waals surface area contributed by atoms with E-state index in [2.05, 4.69) is 4.98 Å². The molecule has 1 amide bonds. The lowest BCUT2D eigenvalue weighted by atomic mass is 10.1. The molecule has 13 nitrogen and oxygen atoms in total. The third kappa shape index (κ3) is 8.54. The van der Waals surface area contributed by atoms with Crippen molar-refractivity contribution in [3.63, 3.8) is 0 Å². The molecule has 0 aliphatic carbocycles. The number of pyridine rings is 1. The summed E-state index contributed by atoms with van der Waals surface area (Å²) in [6, 6.07) is 2.42. The fourth-order valence-corrected chi connectivity index (χ4v) is 3.76. The third-order valence-corrected chi connectivity index (χ3v) is 5.79. The molecule has 0 saturated heterocycles. The molecule has 8 N–H and O–H groups in total. The van der Waals surface area contributed by atoms with Crippen molar-refractivity contribution in [2.45, 2.75) is 30.0 Å². The number of anilines is 1. The standard InChI is InChI=1S/C15H17ClN6O5S.C2HF3O2/c16-22(15(18)19)12-7-20-6-8-5-9(1-2-10(8)12)28(26,27)21-11(14(24)25)3-4-13(17)23;3-2(4,5)1(6)7/h1-2,5-7,11,21H,3-4H2,(H2,17,23)(H3,18,19)(H,24,25);(H,6,7)/t11-;/m0./s1. The molecule has 0 saturated carbocycles. The number of halogens is 4. The number of hydrogen-bond acceptors (Lipinski definition) is 7. The van der Waals surface area contributed by atoms with Crippen LogP contribution in [-0.2, 0) is 24.4 Å². The maximum absolute atomic E-state index is 12.6. The first-order valence-corrected chi connectivity index (χ1v) is 10.8. The molecule has 0 aliphatic heterocycles. The van der Waals surface area contributed by atoms with Gasteiger partial charge < -0.3 is 21.7 Å². The van der Waals surface area contributed by atoms with E-state index in [1.807, 2.05) is 4.72 Å². The van der Waals surface area contributed by atoms with Crippen LogP contribution in [0.4, 0.5) is 18.9 Å². The number of primary amides is 1. The maximum atomic E-state index is 12.6. The van der Waals surface area contributed by atoms with E-state index in [0.717, 1.165) is 4.42 Å². The number of carboxylic acid groups (broad SMARTS) is 2. The Morgan fingerprint density at radius 1 is 1.20 bits per heavy atom. The minimum Gasteiger partial charge on any atom is -0.480 e. The summed E-state index contributed by atoms with van der Waals surface area (Å²) in [5, 5.41) is 24.5. The molecule has 0 unspecified atom stereocenters. The van der Waals surface area contributed by atoms with Gasteiger partial charge in [0.05, 0.1) is 16.8 Å². The summed E-state index contributed by atoms with van der Waals surface area (Å²) in [5.41, 5.74) is 10.6. The highest BCUT2D eigenvalue weighted by molar-refractivity contribution is 7.89. The number of nitrogens with zero attached hydrogens (tertiary/aromatic N) is 2. The van der Waals surface area contributed by atoms with Gasteiger partial charge in [0.25, 0.3) is 0 Å². The molecule has 1 heterocycles. The number of carboxylic acids is 2. The molecule has 192 valence electrons. The second-order valence-corrected chi connectivity index (χ2v) is 8.58. The fraction of sp³-hybridized carbons (Fsp3) is 0.235. The SMILES string of the molecule is N=C(N)N(Cl)c1cncc2cc(S(=O)(=O)N[C@@H](CCC(N)=O)C(=O)O)ccc12.O=C(O)C(F)(F)F. The van der Waals surface area contributed by atoms with Crippen molar-refractivity contribution in [3.8, 4) is 0 Å². The van der Waals surface area contributed by atoms with Gasteiger partial charge in [0.2, 0.25) is 21.9 Å². The van der Waals surface area contributed by atoms with E-state index in [0.29, 0.717) is 10.8 Å². The monoisotopic (exact) mass is 542 g/mol. The zero-order valence-corrected chi connectivity index (χ0v) is 18.9.